The average Bonchev–Trinajstić information content (AvgIpc) is 2.97. The molecule has 1 N–H and O–H groups in total. The zero-order valence-corrected chi connectivity index (χ0v) is 11.6. The van der Waals surface area contributed by atoms with Crippen LogP contribution < -0.4 is 5.32 Å². The summed E-state index contributed by atoms with van der Waals surface area (Å²) < 4.78 is 5.11. The van der Waals surface area contributed by atoms with Gasteiger partial charge < -0.3 is 14.7 Å². The van der Waals surface area contributed by atoms with Gasteiger partial charge >= 0.3 is 0 Å². The van der Waals surface area contributed by atoms with Crippen LogP contribution in [0.25, 0.3) is 0 Å². The standard InChI is InChI=1S/C14H21N3O2/c1-3-17(14(18)13-6-9(2)16-19-13)12-7-10-4-5-11(8-12)15-10/h6,10-12,15H,3-5,7-8H2,1-2H3. The summed E-state index contributed by atoms with van der Waals surface area (Å²) in [5.41, 5.74) is 0.754. The van der Waals surface area contributed by atoms with Crippen LogP contribution in [0.3, 0.4) is 0 Å². The van der Waals surface area contributed by atoms with Crippen molar-refractivity contribution in [1.82, 2.24) is 15.4 Å². The Hall–Kier alpha value is -1.36. The van der Waals surface area contributed by atoms with Crippen LogP contribution in [-0.2, 0) is 0 Å². The molecule has 2 aliphatic heterocycles. The van der Waals surface area contributed by atoms with Crippen LogP contribution in [0.15, 0.2) is 10.6 Å². The lowest BCUT2D eigenvalue weighted by atomic mass is 9.98. The molecule has 2 unspecified atom stereocenters. The summed E-state index contributed by atoms with van der Waals surface area (Å²) in [5.74, 6) is 0.347. The molecule has 2 aliphatic rings. The van der Waals surface area contributed by atoms with Crippen LogP contribution in [0.5, 0.6) is 0 Å². The number of carbonyl (C=O) groups is 1. The van der Waals surface area contributed by atoms with E-state index >= 15 is 0 Å². The number of aryl methyl sites for hydroxylation is 1. The summed E-state index contributed by atoms with van der Waals surface area (Å²) in [7, 11) is 0. The van der Waals surface area contributed by atoms with Gasteiger partial charge in [-0.3, -0.25) is 4.79 Å². The first-order chi connectivity index (χ1) is 9.17. The highest BCUT2D eigenvalue weighted by Gasteiger charge is 2.37. The van der Waals surface area contributed by atoms with Gasteiger partial charge in [0.15, 0.2) is 0 Å². The molecule has 104 valence electrons. The summed E-state index contributed by atoms with van der Waals surface area (Å²) in [6, 6.07) is 3.23. The molecule has 2 saturated heterocycles. The highest BCUT2D eigenvalue weighted by molar-refractivity contribution is 5.91. The molecular weight excluding hydrogens is 242 g/mol. The van der Waals surface area contributed by atoms with Crippen molar-refractivity contribution >= 4 is 5.91 Å². The number of amides is 1. The summed E-state index contributed by atoms with van der Waals surface area (Å²) in [4.78, 5) is 14.4. The Kier molecular flexibility index (Phi) is 3.31. The molecule has 0 saturated carbocycles. The second kappa shape index (κ2) is 4.96. The van der Waals surface area contributed by atoms with Crippen molar-refractivity contribution in [2.24, 2.45) is 0 Å². The van der Waals surface area contributed by atoms with E-state index in [1.165, 1.54) is 12.8 Å². The van der Waals surface area contributed by atoms with E-state index in [2.05, 4.69) is 10.5 Å². The number of nitrogens with one attached hydrogen (secondary N) is 1. The van der Waals surface area contributed by atoms with E-state index in [0.717, 1.165) is 25.1 Å². The van der Waals surface area contributed by atoms with Gasteiger partial charge in [-0.25, -0.2) is 0 Å². The third kappa shape index (κ3) is 2.39. The number of hydrogen-bond acceptors (Lipinski definition) is 4. The van der Waals surface area contributed by atoms with Gasteiger partial charge in [0.1, 0.15) is 0 Å². The number of fused-ring (bicyclic) bond motifs is 2. The van der Waals surface area contributed by atoms with Crippen LogP contribution in [0.1, 0.15) is 48.9 Å². The predicted octanol–water partition coefficient (Wildman–Crippen LogP) is 1.73. The topological polar surface area (TPSA) is 58.4 Å². The molecule has 0 radical (unpaired) electrons. The summed E-state index contributed by atoms with van der Waals surface area (Å²) >= 11 is 0. The number of aromatic nitrogens is 1. The summed E-state index contributed by atoms with van der Waals surface area (Å²) in [6.07, 6.45) is 4.61. The van der Waals surface area contributed by atoms with Crippen molar-refractivity contribution in [1.29, 1.82) is 0 Å². The van der Waals surface area contributed by atoms with Gasteiger partial charge in [-0.2, -0.15) is 0 Å². The highest BCUT2D eigenvalue weighted by atomic mass is 16.5. The SMILES string of the molecule is CCN(C(=O)c1cc(C)no1)C1CC2CCC(C1)N2. The van der Waals surface area contributed by atoms with Gasteiger partial charge in [-0.15, -0.1) is 0 Å². The van der Waals surface area contributed by atoms with Gasteiger partial charge in [0.05, 0.1) is 5.69 Å². The fraction of sp³-hybridized carbons (Fsp3) is 0.714. The largest absolute Gasteiger partial charge is 0.351 e. The molecule has 0 aromatic carbocycles. The average molecular weight is 263 g/mol. The van der Waals surface area contributed by atoms with Crippen LogP contribution in [0.2, 0.25) is 0 Å². The Balaban J connectivity index is 1.75. The Morgan fingerprint density at radius 3 is 2.68 bits per heavy atom. The van der Waals surface area contributed by atoms with Crippen LogP contribution >= 0.6 is 0 Å². The van der Waals surface area contributed by atoms with Gasteiger partial charge in [-0.1, -0.05) is 5.16 Å². The second-order valence-corrected chi connectivity index (χ2v) is 5.69. The third-order valence-corrected chi connectivity index (χ3v) is 4.33. The molecule has 1 aromatic heterocycles. The lowest BCUT2D eigenvalue weighted by Crippen LogP contribution is -2.50. The van der Waals surface area contributed by atoms with Crippen LogP contribution in [-0.4, -0.2) is 40.6 Å². The molecule has 2 fully saturated rings. The zero-order valence-electron chi connectivity index (χ0n) is 11.6. The molecule has 5 nitrogen and oxygen atoms in total. The number of rotatable bonds is 3. The summed E-state index contributed by atoms with van der Waals surface area (Å²) in [6.45, 7) is 4.59. The van der Waals surface area contributed by atoms with Crippen LogP contribution in [0, 0.1) is 6.92 Å². The van der Waals surface area contributed by atoms with E-state index in [1.54, 1.807) is 6.07 Å². The van der Waals surface area contributed by atoms with Gasteiger partial charge in [0.25, 0.3) is 5.91 Å². The monoisotopic (exact) mass is 263 g/mol. The maximum Gasteiger partial charge on any atom is 0.292 e. The highest BCUT2D eigenvalue weighted by Crippen LogP contribution is 2.30. The molecule has 3 heterocycles. The van der Waals surface area contributed by atoms with Crippen LogP contribution in [0.4, 0.5) is 0 Å². The van der Waals surface area contributed by atoms with Crippen molar-refractivity contribution in [2.45, 2.75) is 57.7 Å². The van der Waals surface area contributed by atoms with Crippen molar-refractivity contribution in [2.75, 3.05) is 6.54 Å². The molecule has 1 aromatic rings. The van der Waals surface area contributed by atoms with E-state index in [4.69, 9.17) is 4.52 Å². The first kappa shape index (κ1) is 12.7. The third-order valence-electron chi connectivity index (χ3n) is 4.33. The molecule has 0 spiro atoms. The minimum Gasteiger partial charge on any atom is -0.351 e. The Morgan fingerprint density at radius 1 is 1.47 bits per heavy atom. The van der Waals surface area contributed by atoms with E-state index in [1.807, 2.05) is 18.7 Å². The minimum atomic E-state index is -0.0191. The van der Waals surface area contributed by atoms with E-state index in [0.29, 0.717) is 23.9 Å². The van der Waals surface area contributed by atoms with Crippen molar-refractivity contribution < 1.29 is 9.32 Å². The smallest absolute Gasteiger partial charge is 0.292 e. The molecule has 5 heteroatoms. The fourth-order valence-corrected chi connectivity index (χ4v) is 3.46. The fourth-order valence-electron chi connectivity index (χ4n) is 3.46. The summed E-state index contributed by atoms with van der Waals surface area (Å²) in [5, 5.41) is 7.42. The quantitative estimate of drug-likeness (QED) is 0.902. The Labute approximate surface area is 113 Å². The molecule has 3 rings (SSSR count). The van der Waals surface area contributed by atoms with E-state index < -0.39 is 0 Å². The van der Waals surface area contributed by atoms with Gasteiger partial charge in [-0.05, 0) is 39.5 Å². The minimum absolute atomic E-state index is 0.0191. The number of nitrogens with zero attached hydrogens (tertiary/aromatic N) is 2. The van der Waals surface area contributed by atoms with E-state index in [9.17, 15) is 4.79 Å². The maximum absolute atomic E-state index is 12.5. The zero-order chi connectivity index (χ0) is 13.4. The molecule has 19 heavy (non-hydrogen) atoms. The van der Waals surface area contributed by atoms with Crippen molar-refractivity contribution in [3.63, 3.8) is 0 Å². The lowest BCUT2D eigenvalue weighted by Gasteiger charge is -2.36. The first-order valence-electron chi connectivity index (χ1n) is 7.17. The number of piperidine rings is 1. The number of hydrogen-bond donors (Lipinski definition) is 1. The second-order valence-electron chi connectivity index (χ2n) is 5.69. The molecule has 0 aliphatic carbocycles. The van der Waals surface area contributed by atoms with Crippen molar-refractivity contribution in [3.8, 4) is 0 Å². The number of carbonyl (C=O) groups excluding carboxylic acids is 1. The molecule has 2 atom stereocenters. The Morgan fingerprint density at radius 2 is 2.16 bits per heavy atom. The predicted molar refractivity (Wildman–Crippen MR) is 70.9 cm³/mol. The Bertz CT molecular complexity index is 459. The normalized spacial score (nSPS) is 29.5. The van der Waals surface area contributed by atoms with Gasteiger partial charge in [0.2, 0.25) is 5.76 Å². The van der Waals surface area contributed by atoms with Crippen molar-refractivity contribution in [3.05, 3.63) is 17.5 Å². The molecular formula is C14H21N3O2. The first-order valence-corrected chi connectivity index (χ1v) is 7.17. The lowest BCUT2D eigenvalue weighted by molar-refractivity contribution is 0.0589. The van der Waals surface area contributed by atoms with E-state index in [-0.39, 0.29) is 5.91 Å². The maximum atomic E-state index is 12.5. The van der Waals surface area contributed by atoms with Gasteiger partial charge in [0, 0.05) is 30.7 Å². The molecule has 2 bridgehead atoms. The molecule has 1 amide bonds.